The molecule has 4 nitrogen and oxygen atoms in total. The molecule has 0 radical (unpaired) electrons. The van der Waals surface area contributed by atoms with Gasteiger partial charge in [-0.3, -0.25) is 4.79 Å². The second kappa shape index (κ2) is 6.65. The highest BCUT2D eigenvalue weighted by atomic mass is 79.9. The fourth-order valence-corrected chi connectivity index (χ4v) is 2.06. The van der Waals surface area contributed by atoms with Crippen molar-refractivity contribution in [2.45, 2.75) is 26.3 Å². The first-order valence-corrected chi connectivity index (χ1v) is 6.64. The number of carboxylic acids is 1. The largest absolute Gasteiger partial charge is 0.480 e. The highest BCUT2D eigenvalue weighted by molar-refractivity contribution is 9.10. The number of hydrogen-bond donors (Lipinski definition) is 2. The number of rotatable bonds is 5. The Bertz CT molecular complexity index is 473. The minimum Gasteiger partial charge on any atom is -0.480 e. The predicted octanol–water partition coefficient (Wildman–Crippen LogP) is 2.82. The zero-order chi connectivity index (χ0) is 14.6. The van der Waals surface area contributed by atoms with Gasteiger partial charge in [0.15, 0.2) is 0 Å². The van der Waals surface area contributed by atoms with Crippen molar-refractivity contribution in [3.8, 4) is 0 Å². The van der Waals surface area contributed by atoms with Crippen molar-refractivity contribution in [3.05, 3.63) is 34.1 Å². The second-order valence-corrected chi connectivity index (χ2v) is 5.25. The lowest BCUT2D eigenvalue weighted by Crippen LogP contribution is -2.45. The Morgan fingerprint density at radius 3 is 2.53 bits per heavy atom. The van der Waals surface area contributed by atoms with Crippen LogP contribution in [0.15, 0.2) is 22.7 Å². The number of carbonyl (C=O) groups excluding carboxylic acids is 1. The number of carboxylic acid groups (broad SMARTS) is 1. The summed E-state index contributed by atoms with van der Waals surface area (Å²) in [5.41, 5.74) is 0.0847. The van der Waals surface area contributed by atoms with E-state index in [2.05, 4.69) is 21.2 Å². The van der Waals surface area contributed by atoms with E-state index in [1.807, 2.05) is 6.92 Å². The molecule has 1 amide bonds. The number of nitrogens with one attached hydrogen (secondary N) is 1. The molecule has 1 rings (SSSR count). The number of amides is 1. The zero-order valence-corrected chi connectivity index (χ0v) is 12.2. The van der Waals surface area contributed by atoms with Crippen molar-refractivity contribution in [1.82, 2.24) is 5.32 Å². The van der Waals surface area contributed by atoms with Gasteiger partial charge in [0.05, 0.1) is 0 Å². The van der Waals surface area contributed by atoms with E-state index in [1.54, 1.807) is 6.92 Å². The molecule has 2 N–H and O–H groups in total. The van der Waals surface area contributed by atoms with Gasteiger partial charge in [0.2, 0.25) is 0 Å². The Kier molecular flexibility index (Phi) is 5.47. The number of hydrogen-bond acceptors (Lipinski definition) is 2. The fourth-order valence-electron chi connectivity index (χ4n) is 1.59. The molecule has 0 aromatic heterocycles. The van der Waals surface area contributed by atoms with Crippen LogP contribution < -0.4 is 5.32 Å². The van der Waals surface area contributed by atoms with Crippen LogP contribution in [0.25, 0.3) is 0 Å². The Morgan fingerprint density at radius 2 is 2.05 bits per heavy atom. The topological polar surface area (TPSA) is 66.4 Å². The second-order valence-electron chi connectivity index (χ2n) is 4.33. The van der Waals surface area contributed by atoms with E-state index >= 15 is 0 Å². The molecule has 1 aromatic carbocycles. The molecule has 6 heteroatoms. The summed E-state index contributed by atoms with van der Waals surface area (Å²) in [7, 11) is 0. The third-order valence-corrected chi connectivity index (χ3v) is 3.35. The smallest absolute Gasteiger partial charge is 0.326 e. The molecule has 0 fully saturated rings. The molecule has 1 aromatic rings. The SMILES string of the molecule is CCC(C)[C@H](NC(=O)c1cc(F)cc(Br)c1)C(=O)O. The molecule has 19 heavy (non-hydrogen) atoms. The minimum atomic E-state index is -1.10. The Morgan fingerprint density at radius 1 is 1.42 bits per heavy atom. The maximum atomic E-state index is 13.2. The van der Waals surface area contributed by atoms with Gasteiger partial charge in [0.25, 0.3) is 5.91 Å². The molecule has 0 aliphatic rings. The van der Waals surface area contributed by atoms with Gasteiger partial charge in [0, 0.05) is 10.0 Å². The summed E-state index contributed by atoms with van der Waals surface area (Å²) < 4.78 is 13.6. The lowest BCUT2D eigenvalue weighted by Gasteiger charge is -2.20. The van der Waals surface area contributed by atoms with E-state index in [0.29, 0.717) is 10.9 Å². The van der Waals surface area contributed by atoms with Gasteiger partial charge in [-0.05, 0) is 24.1 Å². The lowest BCUT2D eigenvalue weighted by molar-refractivity contribution is -0.140. The average Bonchev–Trinajstić information content (AvgIpc) is 2.33. The van der Waals surface area contributed by atoms with Crippen molar-refractivity contribution < 1.29 is 19.1 Å². The number of halogens is 2. The highest BCUT2D eigenvalue weighted by Crippen LogP contribution is 2.16. The molecular formula is C13H15BrFNO3. The summed E-state index contributed by atoms with van der Waals surface area (Å²) in [6.07, 6.45) is 0.615. The summed E-state index contributed by atoms with van der Waals surface area (Å²) in [6, 6.07) is 2.74. The molecule has 0 spiro atoms. The molecule has 0 saturated carbocycles. The van der Waals surface area contributed by atoms with E-state index in [4.69, 9.17) is 5.11 Å². The molecule has 0 aliphatic carbocycles. The third kappa shape index (κ3) is 4.31. The number of aliphatic carboxylic acids is 1. The van der Waals surface area contributed by atoms with Crippen LogP contribution in [0.4, 0.5) is 4.39 Å². The van der Waals surface area contributed by atoms with Crippen LogP contribution in [-0.2, 0) is 4.79 Å². The highest BCUT2D eigenvalue weighted by Gasteiger charge is 2.25. The van der Waals surface area contributed by atoms with E-state index in [-0.39, 0.29) is 11.5 Å². The first-order valence-electron chi connectivity index (χ1n) is 5.85. The van der Waals surface area contributed by atoms with Gasteiger partial charge in [-0.15, -0.1) is 0 Å². The monoisotopic (exact) mass is 331 g/mol. The molecule has 0 aliphatic heterocycles. The van der Waals surface area contributed by atoms with Crippen molar-refractivity contribution in [1.29, 1.82) is 0 Å². The first kappa shape index (κ1) is 15.6. The standard InChI is InChI=1S/C13H15BrFNO3/c1-3-7(2)11(13(18)19)16-12(17)8-4-9(14)6-10(15)5-8/h4-7,11H,3H2,1-2H3,(H,16,17)(H,18,19)/t7?,11-/m0/s1. The molecule has 0 heterocycles. The quantitative estimate of drug-likeness (QED) is 0.871. The molecule has 1 unspecified atom stereocenters. The maximum absolute atomic E-state index is 13.2. The van der Waals surface area contributed by atoms with Gasteiger partial charge < -0.3 is 10.4 Å². The Hall–Kier alpha value is -1.43. The van der Waals surface area contributed by atoms with Gasteiger partial charge in [-0.1, -0.05) is 36.2 Å². The Balaban J connectivity index is 2.90. The minimum absolute atomic E-state index is 0.0847. The van der Waals surface area contributed by atoms with Gasteiger partial charge in [-0.25, -0.2) is 9.18 Å². The number of benzene rings is 1. The van der Waals surface area contributed by atoms with E-state index in [1.165, 1.54) is 12.1 Å². The van der Waals surface area contributed by atoms with E-state index in [9.17, 15) is 14.0 Å². The van der Waals surface area contributed by atoms with Crippen LogP contribution in [-0.4, -0.2) is 23.0 Å². The van der Waals surface area contributed by atoms with Crippen LogP contribution in [0.2, 0.25) is 0 Å². The predicted molar refractivity (Wildman–Crippen MR) is 72.4 cm³/mol. The van der Waals surface area contributed by atoms with Crippen LogP contribution in [0.3, 0.4) is 0 Å². The molecule has 0 bridgehead atoms. The van der Waals surface area contributed by atoms with Crippen molar-refractivity contribution in [2.75, 3.05) is 0 Å². The summed E-state index contributed by atoms with van der Waals surface area (Å²) in [5.74, 6) is -2.47. The summed E-state index contributed by atoms with van der Waals surface area (Å²) >= 11 is 3.08. The van der Waals surface area contributed by atoms with Gasteiger partial charge >= 0.3 is 5.97 Å². The average molecular weight is 332 g/mol. The van der Waals surface area contributed by atoms with Gasteiger partial charge in [-0.2, -0.15) is 0 Å². The van der Waals surface area contributed by atoms with Crippen molar-refractivity contribution in [2.24, 2.45) is 5.92 Å². The molecular weight excluding hydrogens is 317 g/mol. The fraction of sp³-hybridized carbons (Fsp3) is 0.385. The Labute approximate surface area is 119 Å². The van der Waals surface area contributed by atoms with Crippen LogP contribution in [0, 0.1) is 11.7 Å². The van der Waals surface area contributed by atoms with E-state index in [0.717, 1.165) is 6.07 Å². The van der Waals surface area contributed by atoms with Crippen LogP contribution in [0.5, 0.6) is 0 Å². The van der Waals surface area contributed by atoms with E-state index < -0.39 is 23.7 Å². The zero-order valence-electron chi connectivity index (χ0n) is 10.6. The van der Waals surface area contributed by atoms with Crippen molar-refractivity contribution in [3.63, 3.8) is 0 Å². The molecule has 104 valence electrons. The normalized spacial score (nSPS) is 13.7. The lowest BCUT2D eigenvalue weighted by atomic mass is 9.99. The van der Waals surface area contributed by atoms with Crippen LogP contribution in [0.1, 0.15) is 30.6 Å². The van der Waals surface area contributed by atoms with Crippen LogP contribution >= 0.6 is 15.9 Å². The molecule has 2 atom stereocenters. The third-order valence-electron chi connectivity index (χ3n) is 2.89. The van der Waals surface area contributed by atoms with Gasteiger partial charge in [0.1, 0.15) is 11.9 Å². The first-order chi connectivity index (χ1) is 8.85. The van der Waals surface area contributed by atoms with Crippen molar-refractivity contribution >= 4 is 27.8 Å². The summed E-state index contributed by atoms with van der Waals surface area (Å²) in [4.78, 5) is 23.0. The molecule has 0 saturated heterocycles. The number of carbonyl (C=O) groups is 2. The summed E-state index contributed by atoms with van der Waals surface area (Å²) in [6.45, 7) is 3.58. The maximum Gasteiger partial charge on any atom is 0.326 e. The summed E-state index contributed by atoms with van der Waals surface area (Å²) in [5, 5.41) is 11.5.